The molecule has 0 amide bonds. The fraction of sp³-hybridized carbons (Fsp3) is 1.00. The Hall–Kier alpha value is -0.120. The van der Waals surface area contributed by atoms with Gasteiger partial charge in [-0.15, -0.1) is 0 Å². The van der Waals surface area contributed by atoms with Gasteiger partial charge >= 0.3 is 0 Å². The summed E-state index contributed by atoms with van der Waals surface area (Å²) < 4.78 is 5.61. The summed E-state index contributed by atoms with van der Waals surface area (Å²) in [5.74, 6) is 0. The molecule has 0 aromatic heterocycles. The predicted molar refractivity (Wildman–Crippen MR) is 68.9 cm³/mol. The van der Waals surface area contributed by atoms with Crippen molar-refractivity contribution in [2.75, 3.05) is 39.4 Å². The molecule has 16 heavy (non-hydrogen) atoms. The zero-order valence-electron chi connectivity index (χ0n) is 11.0. The number of hydrogen-bond donors (Lipinski definition) is 1. The molecule has 0 spiro atoms. The number of likely N-dealkylation sites (N-methyl/N-ethyl adjacent to an activating group) is 1. The summed E-state index contributed by atoms with van der Waals surface area (Å²) in [7, 11) is 0. The monoisotopic (exact) mass is 228 g/mol. The van der Waals surface area contributed by atoms with Crippen LogP contribution in [0.2, 0.25) is 0 Å². The Balaban J connectivity index is 2.01. The lowest BCUT2D eigenvalue weighted by Gasteiger charge is -2.24. The van der Waals surface area contributed by atoms with Gasteiger partial charge in [-0.1, -0.05) is 20.3 Å². The van der Waals surface area contributed by atoms with Crippen molar-refractivity contribution in [3.63, 3.8) is 0 Å². The number of ether oxygens (including phenoxy) is 1. The Bertz CT molecular complexity index is 158. The second kappa shape index (κ2) is 8.97. The van der Waals surface area contributed by atoms with Crippen molar-refractivity contribution in [3.8, 4) is 0 Å². The Morgan fingerprint density at radius 1 is 1.31 bits per heavy atom. The Labute approximate surface area is 101 Å². The van der Waals surface area contributed by atoms with Gasteiger partial charge in [0, 0.05) is 25.7 Å². The highest BCUT2D eigenvalue weighted by Gasteiger charge is 2.16. The van der Waals surface area contributed by atoms with Crippen LogP contribution in [-0.4, -0.2) is 50.3 Å². The highest BCUT2D eigenvalue weighted by molar-refractivity contribution is 4.77. The van der Waals surface area contributed by atoms with E-state index in [4.69, 9.17) is 4.74 Å². The summed E-state index contributed by atoms with van der Waals surface area (Å²) >= 11 is 0. The molecule has 1 heterocycles. The van der Waals surface area contributed by atoms with E-state index >= 15 is 0 Å². The van der Waals surface area contributed by atoms with Crippen molar-refractivity contribution in [2.24, 2.45) is 0 Å². The van der Waals surface area contributed by atoms with Gasteiger partial charge in [0.1, 0.15) is 0 Å². The van der Waals surface area contributed by atoms with E-state index in [1.165, 1.54) is 38.8 Å². The molecule has 0 bridgehead atoms. The van der Waals surface area contributed by atoms with Gasteiger partial charge in [0.25, 0.3) is 0 Å². The zero-order chi connectivity index (χ0) is 11.6. The number of nitrogens with one attached hydrogen (secondary N) is 1. The Morgan fingerprint density at radius 2 is 2.19 bits per heavy atom. The number of unbranched alkanes of at least 4 members (excludes halogenated alkanes) is 1. The lowest BCUT2D eigenvalue weighted by molar-refractivity contribution is 0.100. The van der Waals surface area contributed by atoms with Gasteiger partial charge in [-0.25, -0.2) is 0 Å². The average molecular weight is 228 g/mol. The quantitative estimate of drug-likeness (QED) is 0.610. The molecule has 1 N–H and O–H groups in total. The Kier molecular flexibility index (Phi) is 7.81. The maximum atomic E-state index is 5.61. The third-order valence-corrected chi connectivity index (χ3v) is 3.28. The standard InChI is InChI=1S/C13H28N2O/c1-3-5-10-16-11-9-15(4-2)12-13-7-6-8-14-13/h13-14H,3-12H2,1-2H3. The molecule has 1 aliphatic heterocycles. The van der Waals surface area contributed by atoms with E-state index in [-0.39, 0.29) is 0 Å². The number of rotatable bonds is 9. The minimum atomic E-state index is 0.718. The van der Waals surface area contributed by atoms with Crippen LogP contribution in [0.3, 0.4) is 0 Å². The van der Waals surface area contributed by atoms with Gasteiger partial charge in [-0.2, -0.15) is 0 Å². The van der Waals surface area contributed by atoms with E-state index in [1.54, 1.807) is 0 Å². The van der Waals surface area contributed by atoms with Gasteiger partial charge in [0.2, 0.25) is 0 Å². The van der Waals surface area contributed by atoms with E-state index in [0.717, 1.165) is 32.3 Å². The third kappa shape index (κ3) is 5.83. The van der Waals surface area contributed by atoms with Crippen LogP contribution in [0, 0.1) is 0 Å². The van der Waals surface area contributed by atoms with E-state index in [2.05, 4.69) is 24.1 Å². The molecule has 0 saturated carbocycles. The molecule has 0 aromatic rings. The smallest absolute Gasteiger partial charge is 0.0593 e. The summed E-state index contributed by atoms with van der Waals surface area (Å²) in [6.07, 6.45) is 5.10. The lowest BCUT2D eigenvalue weighted by Crippen LogP contribution is -2.39. The second-order valence-corrected chi connectivity index (χ2v) is 4.65. The second-order valence-electron chi connectivity index (χ2n) is 4.65. The molecule has 0 aliphatic carbocycles. The SMILES string of the molecule is CCCCOCCN(CC)CC1CCCN1. The normalized spacial score (nSPS) is 20.8. The van der Waals surface area contributed by atoms with Crippen LogP contribution in [0.15, 0.2) is 0 Å². The molecule has 0 aromatic carbocycles. The molecular weight excluding hydrogens is 200 g/mol. The molecule has 1 aliphatic rings. The molecule has 1 saturated heterocycles. The molecule has 3 nitrogen and oxygen atoms in total. The number of nitrogens with zero attached hydrogens (tertiary/aromatic N) is 1. The van der Waals surface area contributed by atoms with Crippen LogP contribution in [0.1, 0.15) is 39.5 Å². The van der Waals surface area contributed by atoms with Crippen LogP contribution in [0.4, 0.5) is 0 Å². The fourth-order valence-electron chi connectivity index (χ4n) is 2.14. The van der Waals surface area contributed by atoms with Crippen molar-refractivity contribution in [3.05, 3.63) is 0 Å². The first kappa shape index (κ1) is 13.9. The zero-order valence-corrected chi connectivity index (χ0v) is 11.0. The molecule has 3 heteroatoms. The van der Waals surface area contributed by atoms with Crippen LogP contribution >= 0.6 is 0 Å². The molecular formula is C13H28N2O. The molecule has 96 valence electrons. The van der Waals surface area contributed by atoms with Gasteiger partial charge < -0.3 is 10.1 Å². The van der Waals surface area contributed by atoms with Crippen molar-refractivity contribution in [1.82, 2.24) is 10.2 Å². The predicted octanol–water partition coefficient (Wildman–Crippen LogP) is 1.88. The highest BCUT2D eigenvalue weighted by atomic mass is 16.5. The van der Waals surface area contributed by atoms with Gasteiger partial charge in [0.15, 0.2) is 0 Å². The topological polar surface area (TPSA) is 24.5 Å². The van der Waals surface area contributed by atoms with Crippen LogP contribution in [0.25, 0.3) is 0 Å². The maximum absolute atomic E-state index is 5.61. The highest BCUT2D eigenvalue weighted by Crippen LogP contribution is 2.06. The van der Waals surface area contributed by atoms with E-state index < -0.39 is 0 Å². The first-order valence-corrected chi connectivity index (χ1v) is 6.90. The van der Waals surface area contributed by atoms with Crippen LogP contribution in [0.5, 0.6) is 0 Å². The van der Waals surface area contributed by atoms with Crippen molar-refractivity contribution < 1.29 is 4.74 Å². The van der Waals surface area contributed by atoms with E-state index in [9.17, 15) is 0 Å². The molecule has 1 unspecified atom stereocenters. The maximum Gasteiger partial charge on any atom is 0.0593 e. The molecule has 1 atom stereocenters. The largest absolute Gasteiger partial charge is 0.380 e. The van der Waals surface area contributed by atoms with Gasteiger partial charge in [-0.05, 0) is 32.4 Å². The van der Waals surface area contributed by atoms with Gasteiger partial charge in [-0.3, -0.25) is 4.90 Å². The van der Waals surface area contributed by atoms with Crippen LogP contribution in [-0.2, 0) is 4.74 Å². The van der Waals surface area contributed by atoms with E-state index in [0.29, 0.717) is 0 Å². The lowest BCUT2D eigenvalue weighted by atomic mass is 10.2. The number of hydrogen-bond acceptors (Lipinski definition) is 3. The minimum absolute atomic E-state index is 0.718. The summed E-state index contributed by atoms with van der Waals surface area (Å²) in [4.78, 5) is 2.49. The minimum Gasteiger partial charge on any atom is -0.380 e. The van der Waals surface area contributed by atoms with E-state index in [1.807, 2.05) is 0 Å². The van der Waals surface area contributed by atoms with Crippen molar-refractivity contribution in [1.29, 1.82) is 0 Å². The molecule has 0 radical (unpaired) electrons. The summed E-state index contributed by atoms with van der Waals surface area (Å²) in [5, 5.41) is 3.55. The molecule has 1 rings (SSSR count). The van der Waals surface area contributed by atoms with Crippen molar-refractivity contribution >= 4 is 0 Å². The fourth-order valence-corrected chi connectivity index (χ4v) is 2.14. The summed E-state index contributed by atoms with van der Waals surface area (Å²) in [5.41, 5.74) is 0. The third-order valence-electron chi connectivity index (χ3n) is 3.28. The summed E-state index contributed by atoms with van der Waals surface area (Å²) in [6, 6.07) is 0.718. The average Bonchev–Trinajstić information content (AvgIpc) is 2.80. The van der Waals surface area contributed by atoms with Crippen LogP contribution < -0.4 is 5.32 Å². The first-order chi connectivity index (χ1) is 7.86. The van der Waals surface area contributed by atoms with Gasteiger partial charge in [0.05, 0.1) is 6.61 Å². The first-order valence-electron chi connectivity index (χ1n) is 6.90. The van der Waals surface area contributed by atoms with Crippen molar-refractivity contribution in [2.45, 2.75) is 45.6 Å². The Morgan fingerprint density at radius 3 is 2.81 bits per heavy atom. The summed E-state index contributed by atoms with van der Waals surface area (Å²) in [6.45, 7) is 10.9. The molecule has 1 fully saturated rings.